The SMILES string of the molecule is O=C(COC(=O)/C=C/c1ccccc1Cl)N[C@H]1CCCc2ccccc21. The highest BCUT2D eigenvalue weighted by Crippen LogP contribution is 2.29. The molecule has 0 spiro atoms. The molecule has 0 heterocycles. The molecule has 2 aromatic carbocycles. The molecule has 1 atom stereocenters. The van der Waals surface area contributed by atoms with Crippen LogP contribution in [0, 0.1) is 0 Å². The van der Waals surface area contributed by atoms with E-state index in [1.165, 1.54) is 11.6 Å². The molecule has 26 heavy (non-hydrogen) atoms. The molecular formula is C21H20ClNO3. The number of aryl methyl sites for hydroxylation is 1. The maximum Gasteiger partial charge on any atom is 0.331 e. The molecule has 2 aromatic rings. The van der Waals surface area contributed by atoms with Gasteiger partial charge in [-0.1, -0.05) is 54.1 Å². The fourth-order valence-electron chi connectivity index (χ4n) is 3.09. The number of hydrogen-bond donors (Lipinski definition) is 1. The van der Waals surface area contributed by atoms with Gasteiger partial charge >= 0.3 is 5.97 Å². The van der Waals surface area contributed by atoms with Crippen LogP contribution in [0.1, 0.15) is 35.6 Å². The average molecular weight is 370 g/mol. The summed E-state index contributed by atoms with van der Waals surface area (Å²) >= 11 is 6.02. The molecule has 134 valence electrons. The molecule has 1 aliphatic carbocycles. The summed E-state index contributed by atoms with van der Waals surface area (Å²) in [5.41, 5.74) is 3.13. The summed E-state index contributed by atoms with van der Waals surface area (Å²) in [6, 6.07) is 15.3. The van der Waals surface area contributed by atoms with Crippen LogP contribution in [0.3, 0.4) is 0 Å². The summed E-state index contributed by atoms with van der Waals surface area (Å²) in [6.07, 6.45) is 5.79. The van der Waals surface area contributed by atoms with Crippen LogP contribution in [0.15, 0.2) is 54.6 Å². The van der Waals surface area contributed by atoms with Crippen LogP contribution in [0.5, 0.6) is 0 Å². The van der Waals surface area contributed by atoms with Gasteiger partial charge < -0.3 is 10.1 Å². The maximum atomic E-state index is 12.1. The smallest absolute Gasteiger partial charge is 0.331 e. The van der Waals surface area contributed by atoms with E-state index in [-0.39, 0.29) is 18.6 Å². The van der Waals surface area contributed by atoms with Crippen molar-refractivity contribution in [2.75, 3.05) is 6.61 Å². The Hall–Kier alpha value is -2.59. The van der Waals surface area contributed by atoms with Gasteiger partial charge in [-0.2, -0.15) is 0 Å². The summed E-state index contributed by atoms with van der Waals surface area (Å²) in [5.74, 6) is -0.879. The number of rotatable bonds is 5. The monoisotopic (exact) mass is 369 g/mol. The molecule has 5 heteroatoms. The van der Waals surface area contributed by atoms with Gasteiger partial charge in [-0.25, -0.2) is 4.79 Å². The molecule has 0 radical (unpaired) electrons. The third kappa shape index (κ3) is 4.73. The summed E-state index contributed by atoms with van der Waals surface area (Å²) in [5, 5.41) is 3.50. The lowest BCUT2D eigenvalue weighted by Crippen LogP contribution is -2.34. The van der Waals surface area contributed by atoms with Crippen molar-refractivity contribution in [3.63, 3.8) is 0 Å². The van der Waals surface area contributed by atoms with Crippen LogP contribution in [-0.2, 0) is 20.7 Å². The van der Waals surface area contributed by atoms with Crippen molar-refractivity contribution in [2.45, 2.75) is 25.3 Å². The first-order chi connectivity index (χ1) is 12.6. The summed E-state index contributed by atoms with van der Waals surface area (Å²) in [4.78, 5) is 23.9. The van der Waals surface area contributed by atoms with E-state index < -0.39 is 5.97 Å². The molecule has 3 rings (SSSR count). The fraction of sp³-hybridized carbons (Fsp3) is 0.238. The first kappa shape index (κ1) is 18.2. The molecular weight excluding hydrogens is 350 g/mol. The van der Waals surface area contributed by atoms with E-state index in [1.54, 1.807) is 18.2 Å². The number of nitrogens with one attached hydrogen (secondary N) is 1. The van der Waals surface area contributed by atoms with Crippen LogP contribution < -0.4 is 5.32 Å². The Morgan fingerprint density at radius 2 is 1.92 bits per heavy atom. The number of fused-ring (bicyclic) bond motifs is 1. The first-order valence-corrected chi connectivity index (χ1v) is 8.98. The Morgan fingerprint density at radius 3 is 2.77 bits per heavy atom. The van der Waals surface area contributed by atoms with Crippen molar-refractivity contribution in [2.24, 2.45) is 0 Å². The quantitative estimate of drug-likeness (QED) is 0.638. The topological polar surface area (TPSA) is 55.4 Å². The van der Waals surface area contributed by atoms with Crippen LogP contribution in [-0.4, -0.2) is 18.5 Å². The minimum atomic E-state index is -0.580. The second-order valence-corrected chi connectivity index (χ2v) is 6.58. The fourth-order valence-corrected chi connectivity index (χ4v) is 3.29. The number of carbonyl (C=O) groups excluding carboxylic acids is 2. The highest BCUT2D eigenvalue weighted by Gasteiger charge is 2.21. The van der Waals surface area contributed by atoms with Crippen molar-refractivity contribution in [3.8, 4) is 0 Å². The van der Waals surface area contributed by atoms with Crippen LogP contribution in [0.4, 0.5) is 0 Å². The highest BCUT2D eigenvalue weighted by molar-refractivity contribution is 6.32. The number of carbonyl (C=O) groups is 2. The third-order valence-corrected chi connectivity index (χ3v) is 4.70. The predicted octanol–water partition coefficient (Wildman–Crippen LogP) is 4.09. The maximum absolute atomic E-state index is 12.1. The molecule has 1 aliphatic rings. The second kappa shape index (κ2) is 8.68. The van der Waals surface area contributed by atoms with Crippen molar-refractivity contribution in [3.05, 3.63) is 76.3 Å². The van der Waals surface area contributed by atoms with Gasteiger partial charge in [-0.3, -0.25) is 4.79 Å². The normalized spacial score (nSPS) is 16.1. The van der Waals surface area contributed by atoms with E-state index in [0.29, 0.717) is 5.02 Å². The van der Waals surface area contributed by atoms with Gasteiger partial charge in [0.15, 0.2) is 6.61 Å². The summed E-state index contributed by atoms with van der Waals surface area (Å²) < 4.78 is 5.01. The standard InChI is InChI=1S/C21H20ClNO3/c22-18-10-4-2-7-16(18)12-13-21(25)26-14-20(24)23-19-11-5-8-15-6-1-3-9-17(15)19/h1-4,6-7,9-10,12-13,19H,5,8,11,14H2,(H,23,24)/b13-12+/t19-/m0/s1. The van der Waals surface area contributed by atoms with Gasteiger partial charge in [-0.15, -0.1) is 0 Å². The summed E-state index contributed by atoms with van der Waals surface area (Å²) in [7, 11) is 0. The van der Waals surface area contributed by atoms with Crippen LogP contribution in [0.25, 0.3) is 6.08 Å². The van der Waals surface area contributed by atoms with Gasteiger partial charge in [0.1, 0.15) is 0 Å². The summed E-state index contributed by atoms with van der Waals surface area (Å²) in [6.45, 7) is -0.301. The Kier molecular flexibility index (Phi) is 6.08. The Balaban J connectivity index is 1.50. The molecule has 4 nitrogen and oxygen atoms in total. The minimum absolute atomic E-state index is 0.0233. The number of hydrogen-bond acceptors (Lipinski definition) is 3. The zero-order chi connectivity index (χ0) is 18.4. The zero-order valence-corrected chi connectivity index (χ0v) is 15.0. The Morgan fingerprint density at radius 1 is 1.15 bits per heavy atom. The van der Waals surface area contributed by atoms with E-state index in [9.17, 15) is 9.59 Å². The van der Waals surface area contributed by atoms with Gasteiger partial charge in [-0.05, 0) is 48.1 Å². The molecule has 0 fully saturated rings. The largest absolute Gasteiger partial charge is 0.452 e. The third-order valence-electron chi connectivity index (χ3n) is 4.35. The van der Waals surface area contributed by atoms with E-state index in [1.807, 2.05) is 30.3 Å². The van der Waals surface area contributed by atoms with Crippen molar-refractivity contribution in [1.29, 1.82) is 0 Å². The highest BCUT2D eigenvalue weighted by atomic mass is 35.5. The number of esters is 1. The van der Waals surface area contributed by atoms with Crippen molar-refractivity contribution in [1.82, 2.24) is 5.32 Å². The lowest BCUT2D eigenvalue weighted by atomic mass is 9.88. The number of ether oxygens (including phenoxy) is 1. The van der Waals surface area contributed by atoms with Crippen LogP contribution in [0.2, 0.25) is 5.02 Å². The van der Waals surface area contributed by atoms with Crippen LogP contribution >= 0.6 is 11.6 Å². The van der Waals surface area contributed by atoms with Crippen molar-refractivity contribution >= 4 is 29.6 Å². The molecule has 0 aliphatic heterocycles. The Labute approximate surface area is 157 Å². The lowest BCUT2D eigenvalue weighted by molar-refractivity contribution is -0.144. The van der Waals surface area contributed by atoms with E-state index in [4.69, 9.17) is 16.3 Å². The molecule has 1 amide bonds. The number of halogens is 1. The molecule has 1 N–H and O–H groups in total. The van der Waals surface area contributed by atoms with Gasteiger partial charge in [0.2, 0.25) is 0 Å². The molecule has 0 unspecified atom stereocenters. The number of benzene rings is 2. The Bertz CT molecular complexity index is 832. The lowest BCUT2D eigenvalue weighted by Gasteiger charge is -2.26. The second-order valence-electron chi connectivity index (χ2n) is 6.17. The van der Waals surface area contributed by atoms with E-state index in [0.717, 1.165) is 30.4 Å². The molecule has 0 aromatic heterocycles. The van der Waals surface area contributed by atoms with Gasteiger partial charge in [0.25, 0.3) is 5.91 Å². The van der Waals surface area contributed by atoms with Crippen molar-refractivity contribution < 1.29 is 14.3 Å². The van der Waals surface area contributed by atoms with E-state index in [2.05, 4.69) is 11.4 Å². The minimum Gasteiger partial charge on any atom is -0.452 e. The average Bonchev–Trinajstić information content (AvgIpc) is 2.66. The molecule has 0 bridgehead atoms. The predicted molar refractivity (Wildman–Crippen MR) is 102 cm³/mol. The zero-order valence-electron chi connectivity index (χ0n) is 14.3. The number of amides is 1. The first-order valence-electron chi connectivity index (χ1n) is 8.60. The molecule has 0 saturated heterocycles. The molecule has 0 saturated carbocycles. The van der Waals surface area contributed by atoms with Gasteiger partial charge in [0.05, 0.1) is 6.04 Å². The van der Waals surface area contributed by atoms with Gasteiger partial charge in [0, 0.05) is 11.1 Å². The van der Waals surface area contributed by atoms with E-state index >= 15 is 0 Å².